The summed E-state index contributed by atoms with van der Waals surface area (Å²) in [4.78, 5) is 8.33. The van der Waals surface area contributed by atoms with Gasteiger partial charge in [-0.05, 0) is 25.1 Å². The van der Waals surface area contributed by atoms with Crippen LogP contribution in [-0.2, 0) is 0 Å². The van der Waals surface area contributed by atoms with Gasteiger partial charge in [0.2, 0.25) is 5.95 Å². The molecule has 5 nitrogen and oxygen atoms in total. The first kappa shape index (κ1) is 14.6. The van der Waals surface area contributed by atoms with Crippen LogP contribution in [0.4, 0.5) is 17.5 Å². The average Bonchev–Trinajstić information content (AvgIpc) is 2.43. The summed E-state index contributed by atoms with van der Waals surface area (Å²) in [5.74, 6) is 0.931. The second kappa shape index (κ2) is 6.55. The smallest absolute Gasteiger partial charge is 0.224 e. The Kier molecular flexibility index (Phi) is 4.77. The number of anilines is 3. The van der Waals surface area contributed by atoms with Gasteiger partial charge in [-0.25, -0.2) is 4.98 Å². The molecule has 102 valence electrons. The lowest BCUT2D eigenvalue weighted by molar-refractivity contribution is 1.09. The molecule has 0 aliphatic heterocycles. The molecule has 0 aliphatic rings. The van der Waals surface area contributed by atoms with E-state index >= 15 is 0 Å². The predicted octanol–water partition coefficient (Wildman–Crippen LogP) is 3.94. The maximum atomic E-state index is 9.11. The van der Waals surface area contributed by atoms with Crippen LogP contribution in [0.15, 0.2) is 28.9 Å². The predicted molar refractivity (Wildman–Crippen MR) is 83.3 cm³/mol. The monoisotopic (exact) mass is 351 g/mol. The standard InChI is InChI=1S/C13H11BrClN5/c1-2-17-13-18-7-10(15)12(20-13)19-11-5-9(14)4-3-8(11)6-16/h3-5,7H,2H2,1H3,(H2,17,18,19,20). The molecular formula is C13H11BrClN5. The van der Waals surface area contributed by atoms with Crippen molar-refractivity contribution in [1.29, 1.82) is 5.26 Å². The van der Waals surface area contributed by atoms with Gasteiger partial charge in [0.05, 0.1) is 17.4 Å². The van der Waals surface area contributed by atoms with E-state index < -0.39 is 0 Å². The fourth-order valence-corrected chi connectivity index (χ4v) is 2.04. The highest BCUT2D eigenvalue weighted by molar-refractivity contribution is 9.10. The lowest BCUT2D eigenvalue weighted by Gasteiger charge is -2.10. The SMILES string of the molecule is CCNc1ncc(Cl)c(Nc2cc(Br)ccc2C#N)n1. The summed E-state index contributed by atoms with van der Waals surface area (Å²) in [5.41, 5.74) is 1.14. The lowest BCUT2D eigenvalue weighted by atomic mass is 10.2. The molecule has 2 aromatic rings. The minimum atomic E-state index is 0.385. The second-order valence-electron chi connectivity index (χ2n) is 3.85. The zero-order valence-electron chi connectivity index (χ0n) is 10.6. The zero-order valence-corrected chi connectivity index (χ0v) is 13.0. The normalized spacial score (nSPS) is 9.90. The highest BCUT2D eigenvalue weighted by atomic mass is 79.9. The molecule has 1 aromatic heterocycles. The number of nitrogens with one attached hydrogen (secondary N) is 2. The number of aromatic nitrogens is 2. The third kappa shape index (κ3) is 3.38. The van der Waals surface area contributed by atoms with E-state index in [0.717, 1.165) is 4.47 Å². The molecule has 0 aliphatic carbocycles. The second-order valence-corrected chi connectivity index (χ2v) is 5.17. The number of hydrogen-bond acceptors (Lipinski definition) is 5. The van der Waals surface area contributed by atoms with Crippen molar-refractivity contribution in [3.05, 3.63) is 39.5 Å². The molecule has 0 fully saturated rings. The van der Waals surface area contributed by atoms with Crippen LogP contribution in [-0.4, -0.2) is 16.5 Å². The van der Waals surface area contributed by atoms with E-state index in [4.69, 9.17) is 16.9 Å². The van der Waals surface area contributed by atoms with Gasteiger partial charge in [-0.2, -0.15) is 10.2 Å². The van der Waals surface area contributed by atoms with Crippen molar-refractivity contribution >= 4 is 45.0 Å². The fourth-order valence-electron chi connectivity index (χ4n) is 1.54. The van der Waals surface area contributed by atoms with E-state index in [2.05, 4.69) is 42.6 Å². The van der Waals surface area contributed by atoms with E-state index in [-0.39, 0.29) is 0 Å². The molecule has 0 saturated heterocycles. The van der Waals surface area contributed by atoms with Crippen molar-refractivity contribution in [1.82, 2.24) is 9.97 Å². The molecule has 0 spiro atoms. The van der Waals surface area contributed by atoms with Crippen LogP contribution in [0.25, 0.3) is 0 Å². The molecule has 7 heteroatoms. The Morgan fingerprint density at radius 2 is 2.25 bits per heavy atom. The number of halogens is 2. The van der Waals surface area contributed by atoms with Crippen molar-refractivity contribution in [2.45, 2.75) is 6.92 Å². The average molecular weight is 353 g/mol. The molecule has 1 aromatic carbocycles. The Bertz CT molecular complexity index is 668. The lowest BCUT2D eigenvalue weighted by Crippen LogP contribution is -2.05. The van der Waals surface area contributed by atoms with Crippen LogP contribution in [0.1, 0.15) is 12.5 Å². The summed E-state index contributed by atoms with van der Waals surface area (Å²) in [6, 6.07) is 7.43. The molecule has 0 radical (unpaired) electrons. The Morgan fingerprint density at radius 1 is 1.45 bits per heavy atom. The number of benzene rings is 1. The van der Waals surface area contributed by atoms with Crippen molar-refractivity contribution < 1.29 is 0 Å². The summed E-state index contributed by atoms with van der Waals surface area (Å²) >= 11 is 9.44. The van der Waals surface area contributed by atoms with Crippen LogP contribution < -0.4 is 10.6 Å². The number of rotatable bonds is 4. The van der Waals surface area contributed by atoms with E-state index in [1.807, 2.05) is 6.92 Å². The molecule has 0 unspecified atom stereocenters. The van der Waals surface area contributed by atoms with Crippen molar-refractivity contribution in [3.8, 4) is 6.07 Å². The summed E-state index contributed by atoms with van der Waals surface area (Å²) in [7, 11) is 0. The highest BCUT2D eigenvalue weighted by Crippen LogP contribution is 2.27. The minimum absolute atomic E-state index is 0.385. The van der Waals surface area contributed by atoms with Gasteiger partial charge in [0.15, 0.2) is 5.82 Å². The van der Waals surface area contributed by atoms with Gasteiger partial charge >= 0.3 is 0 Å². The third-order valence-corrected chi connectivity index (χ3v) is 3.20. The first-order valence-electron chi connectivity index (χ1n) is 5.87. The maximum absolute atomic E-state index is 9.11. The number of hydrogen-bond donors (Lipinski definition) is 2. The fraction of sp³-hybridized carbons (Fsp3) is 0.154. The van der Waals surface area contributed by atoms with E-state index in [1.54, 1.807) is 18.2 Å². The molecule has 2 N–H and O–H groups in total. The van der Waals surface area contributed by atoms with Gasteiger partial charge < -0.3 is 10.6 Å². The molecule has 0 bridgehead atoms. The molecule has 0 amide bonds. The molecule has 1 heterocycles. The molecule has 0 atom stereocenters. The van der Waals surface area contributed by atoms with Crippen LogP contribution >= 0.6 is 27.5 Å². The van der Waals surface area contributed by atoms with Gasteiger partial charge in [0, 0.05) is 11.0 Å². The summed E-state index contributed by atoms with van der Waals surface area (Å²) < 4.78 is 0.857. The van der Waals surface area contributed by atoms with E-state index in [0.29, 0.717) is 34.6 Å². The van der Waals surface area contributed by atoms with Gasteiger partial charge in [-0.3, -0.25) is 0 Å². The van der Waals surface area contributed by atoms with Gasteiger partial charge in [0.25, 0.3) is 0 Å². The Balaban J connectivity index is 2.37. The van der Waals surface area contributed by atoms with Gasteiger partial charge in [-0.1, -0.05) is 27.5 Å². The van der Waals surface area contributed by atoms with Crippen LogP contribution in [0.3, 0.4) is 0 Å². The molecule has 2 rings (SSSR count). The molecular weight excluding hydrogens is 342 g/mol. The first-order chi connectivity index (χ1) is 9.63. The Labute approximate surface area is 130 Å². The topological polar surface area (TPSA) is 73.6 Å². The summed E-state index contributed by atoms with van der Waals surface area (Å²) in [6.07, 6.45) is 1.51. The van der Waals surface area contributed by atoms with Gasteiger partial charge in [0.1, 0.15) is 11.1 Å². The highest BCUT2D eigenvalue weighted by Gasteiger charge is 2.09. The third-order valence-electron chi connectivity index (χ3n) is 2.43. The summed E-state index contributed by atoms with van der Waals surface area (Å²) in [5, 5.41) is 15.6. The van der Waals surface area contributed by atoms with Crippen molar-refractivity contribution in [3.63, 3.8) is 0 Å². The molecule has 0 saturated carbocycles. The minimum Gasteiger partial charge on any atom is -0.354 e. The van der Waals surface area contributed by atoms with Crippen LogP contribution in [0.2, 0.25) is 5.02 Å². The first-order valence-corrected chi connectivity index (χ1v) is 7.04. The van der Waals surface area contributed by atoms with Crippen molar-refractivity contribution in [2.24, 2.45) is 0 Å². The van der Waals surface area contributed by atoms with Gasteiger partial charge in [-0.15, -0.1) is 0 Å². The quantitative estimate of drug-likeness (QED) is 0.872. The maximum Gasteiger partial charge on any atom is 0.224 e. The van der Waals surface area contributed by atoms with E-state index in [9.17, 15) is 0 Å². The Hall–Kier alpha value is -1.84. The summed E-state index contributed by atoms with van der Waals surface area (Å²) in [6.45, 7) is 2.66. The van der Waals surface area contributed by atoms with Crippen LogP contribution in [0, 0.1) is 11.3 Å². The Morgan fingerprint density at radius 3 is 2.95 bits per heavy atom. The molecule has 20 heavy (non-hydrogen) atoms. The van der Waals surface area contributed by atoms with Crippen LogP contribution in [0.5, 0.6) is 0 Å². The van der Waals surface area contributed by atoms with E-state index in [1.165, 1.54) is 6.20 Å². The number of nitrogens with zero attached hydrogens (tertiary/aromatic N) is 3. The van der Waals surface area contributed by atoms with Crippen molar-refractivity contribution in [2.75, 3.05) is 17.2 Å². The number of nitriles is 1. The largest absolute Gasteiger partial charge is 0.354 e. The zero-order chi connectivity index (χ0) is 14.5.